The van der Waals surface area contributed by atoms with E-state index < -0.39 is 0 Å². The number of nitrogens with zero attached hydrogens (tertiary/aromatic N) is 1. The Hall–Kier alpha value is 0.0249. The molecular weight excluding hydrogens is 145 g/mol. The van der Waals surface area contributed by atoms with Gasteiger partial charge in [-0.05, 0) is 37.9 Å². The fraction of sp³-hybridized carbons (Fsp3) is 1.00. The molecule has 0 spiro atoms. The largest absolute Gasteiger partial charge is 0.304 e. The summed E-state index contributed by atoms with van der Waals surface area (Å²) in [5, 5.41) is 0. The van der Waals surface area contributed by atoms with Gasteiger partial charge in [0.25, 0.3) is 0 Å². The molecule has 70 valence electrons. The topological polar surface area (TPSA) is 3.24 Å². The second-order valence-corrected chi connectivity index (χ2v) is 5.51. The highest BCUT2D eigenvalue weighted by Gasteiger charge is 2.20. The average molecular weight is 167 g/mol. The van der Waals surface area contributed by atoms with Crippen LogP contribution < -0.4 is 0 Å². The van der Waals surface area contributed by atoms with Crippen LogP contribution in [-0.4, -0.2) is 32.4 Å². The van der Waals surface area contributed by atoms with E-state index in [1.165, 1.54) is 32.5 Å². The maximum atomic E-state index is 2.61. The molecule has 1 aliphatic heterocycles. The minimum atomic E-state index is 0.506. The molecule has 1 saturated heterocycles. The molecule has 1 rings (SSSR count). The lowest BCUT2D eigenvalue weighted by Crippen LogP contribution is -2.24. The van der Waals surface area contributed by atoms with Gasteiger partial charge in [-0.1, -0.05) is 26.6 Å². The summed E-state index contributed by atoms with van der Waals surface area (Å²) in [6.45, 7) is 10.9. The molecule has 0 aromatic rings. The van der Waals surface area contributed by atoms with Gasteiger partial charge < -0.3 is 4.90 Å². The zero-order valence-electron chi connectivity index (χ0n) is 9.06. The van der Waals surface area contributed by atoms with Crippen molar-refractivity contribution in [2.75, 3.05) is 19.6 Å². The summed E-state index contributed by atoms with van der Waals surface area (Å²) >= 11 is 0. The Morgan fingerprint density at radius 2 is 2.08 bits per heavy atom. The minimum Gasteiger partial charge on any atom is -0.304 e. The van der Waals surface area contributed by atoms with E-state index in [4.69, 9.17) is 0 Å². The average Bonchev–Trinajstić information content (AvgIpc) is 2.30. The van der Waals surface area contributed by atoms with Crippen LogP contribution in [0.1, 0.15) is 33.6 Å². The van der Waals surface area contributed by atoms with E-state index in [2.05, 4.69) is 33.5 Å². The molecule has 0 aromatic heterocycles. The zero-order valence-corrected chi connectivity index (χ0v) is 9.06. The van der Waals surface area contributed by atoms with Crippen LogP contribution in [0.3, 0.4) is 0 Å². The first-order valence-electron chi connectivity index (χ1n) is 5.20. The highest BCUT2D eigenvalue weighted by atomic mass is 15.1. The molecule has 1 nitrogen and oxygen atoms in total. The number of hydrogen-bond donors (Lipinski definition) is 0. The summed E-state index contributed by atoms with van der Waals surface area (Å²) in [5.74, 6) is 0.935. The van der Waals surface area contributed by atoms with Gasteiger partial charge in [0, 0.05) is 0 Å². The summed E-state index contributed by atoms with van der Waals surface area (Å²) in [7, 11) is 2.36. The Morgan fingerprint density at radius 1 is 1.42 bits per heavy atom. The molecular formula is C10H22BN. The maximum Gasteiger partial charge on any atom is 0.107 e. The standard InChI is InChI=1S/C10H22BN/c1-10(2,3)5-7-12-6-4-9(11)8-12/h9H,4-8,11H2,1-3H3. The van der Waals surface area contributed by atoms with Crippen molar-refractivity contribution in [2.24, 2.45) is 5.41 Å². The van der Waals surface area contributed by atoms with E-state index in [0.29, 0.717) is 5.41 Å². The van der Waals surface area contributed by atoms with Crippen molar-refractivity contribution in [1.82, 2.24) is 4.90 Å². The van der Waals surface area contributed by atoms with Crippen LogP contribution >= 0.6 is 0 Å². The van der Waals surface area contributed by atoms with Crippen LogP contribution in [0.5, 0.6) is 0 Å². The molecule has 12 heavy (non-hydrogen) atoms. The van der Waals surface area contributed by atoms with Gasteiger partial charge in [0.05, 0.1) is 0 Å². The summed E-state index contributed by atoms with van der Waals surface area (Å²) in [6, 6.07) is 0. The lowest BCUT2D eigenvalue weighted by Gasteiger charge is -2.23. The molecule has 0 saturated carbocycles. The number of hydrogen-bond acceptors (Lipinski definition) is 1. The van der Waals surface area contributed by atoms with Gasteiger partial charge in [-0.3, -0.25) is 0 Å². The van der Waals surface area contributed by atoms with Crippen molar-refractivity contribution in [2.45, 2.75) is 39.4 Å². The minimum absolute atomic E-state index is 0.506. The van der Waals surface area contributed by atoms with Gasteiger partial charge in [-0.2, -0.15) is 0 Å². The van der Waals surface area contributed by atoms with Gasteiger partial charge in [0.1, 0.15) is 7.85 Å². The SMILES string of the molecule is BC1CCN(CCC(C)(C)C)C1. The smallest absolute Gasteiger partial charge is 0.107 e. The molecule has 0 amide bonds. The molecule has 0 radical (unpaired) electrons. The third-order valence-corrected chi connectivity index (χ3v) is 2.69. The fourth-order valence-corrected chi connectivity index (χ4v) is 1.72. The van der Waals surface area contributed by atoms with Crippen molar-refractivity contribution in [3.63, 3.8) is 0 Å². The Bertz CT molecular complexity index is 139. The summed E-state index contributed by atoms with van der Waals surface area (Å²) in [6.07, 6.45) is 2.74. The van der Waals surface area contributed by atoms with Crippen LogP contribution in [-0.2, 0) is 0 Å². The van der Waals surface area contributed by atoms with Crippen LogP contribution in [0.25, 0.3) is 0 Å². The Balaban J connectivity index is 2.16. The molecule has 1 unspecified atom stereocenters. The van der Waals surface area contributed by atoms with Gasteiger partial charge in [0.2, 0.25) is 0 Å². The quantitative estimate of drug-likeness (QED) is 0.564. The van der Waals surface area contributed by atoms with Crippen molar-refractivity contribution in [3.8, 4) is 0 Å². The number of rotatable bonds is 2. The molecule has 0 bridgehead atoms. The molecule has 1 aliphatic rings. The van der Waals surface area contributed by atoms with Crippen molar-refractivity contribution in [1.29, 1.82) is 0 Å². The first kappa shape index (κ1) is 10.1. The second kappa shape index (κ2) is 3.82. The van der Waals surface area contributed by atoms with E-state index >= 15 is 0 Å². The van der Waals surface area contributed by atoms with Gasteiger partial charge >= 0.3 is 0 Å². The van der Waals surface area contributed by atoms with E-state index in [1.54, 1.807) is 0 Å². The summed E-state index contributed by atoms with van der Waals surface area (Å²) in [5.41, 5.74) is 0.506. The Labute approximate surface area is 77.9 Å². The molecule has 2 heteroatoms. The third kappa shape index (κ3) is 3.62. The van der Waals surface area contributed by atoms with Gasteiger partial charge in [-0.15, -0.1) is 0 Å². The Kier molecular flexibility index (Phi) is 3.22. The molecule has 1 heterocycles. The van der Waals surface area contributed by atoms with Crippen LogP contribution in [0, 0.1) is 5.41 Å². The van der Waals surface area contributed by atoms with Crippen LogP contribution in [0.2, 0.25) is 5.82 Å². The normalized spacial score (nSPS) is 26.4. The first-order chi connectivity index (χ1) is 5.47. The fourth-order valence-electron chi connectivity index (χ4n) is 1.72. The predicted molar refractivity (Wildman–Crippen MR) is 57.4 cm³/mol. The van der Waals surface area contributed by atoms with Crippen molar-refractivity contribution in [3.05, 3.63) is 0 Å². The monoisotopic (exact) mass is 167 g/mol. The second-order valence-electron chi connectivity index (χ2n) is 5.51. The van der Waals surface area contributed by atoms with E-state index in [-0.39, 0.29) is 0 Å². The molecule has 1 fully saturated rings. The van der Waals surface area contributed by atoms with E-state index in [0.717, 1.165) is 5.82 Å². The van der Waals surface area contributed by atoms with E-state index in [1.807, 2.05) is 0 Å². The molecule has 0 N–H and O–H groups in total. The van der Waals surface area contributed by atoms with E-state index in [9.17, 15) is 0 Å². The highest BCUT2D eigenvalue weighted by Crippen LogP contribution is 2.23. The van der Waals surface area contributed by atoms with Gasteiger partial charge in [0.15, 0.2) is 0 Å². The van der Waals surface area contributed by atoms with Crippen LogP contribution in [0.4, 0.5) is 0 Å². The van der Waals surface area contributed by atoms with Crippen LogP contribution in [0.15, 0.2) is 0 Å². The first-order valence-corrected chi connectivity index (χ1v) is 5.20. The Morgan fingerprint density at radius 3 is 2.50 bits per heavy atom. The van der Waals surface area contributed by atoms with Gasteiger partial charge in [-0.25, -0.2) is 0 Å². The third-order valence-electron chi connectivity index (χ3n) is 2.69. The maximum absolute atomic E-state index is 2.61. The number of likely N-dealkylation sites (tertiary alicyclic amines) is 1. The van der Waals surface area contributed by atoms with Crippen molar-refractivity contribution < 1.29 is 0 Å². The zero-order chi connectivity index (χ0) is 9.19. The lowest BCUT2D eigenvalue weighted by molar-refractivity contribution is 0.265. The van der Waals surface area contributed by atoms with Crippen molar-refractivity contribution >= 4 is 7.85 Å². The predicted octanol–water partition coefficient (Wildman–Crippen LogP) is 1.55. The molecule has 0 aliphatic carbocycles. The summed E-state index contributed by atoms with van der Waals surface area (Å²) in [4.78, 5) is 2.61. The molecule has 0 aromatic carbocycles. The summed E-state index contributed by atoms with van der Waals surface area (Å²) < 4.78 is 0. The lowest BCUT2D eigenvalue weighted by atomic mass is 9.87. The molecule has 1 atom stereocenters. The highest BCUT2D eigenvalue weighted by molar-refractivity contribution is 6.11.